The highest BCUT2D eigenvalue weighted by molar-refractivity contribution is 5.44. The second-order valence-electron chi connectivity index (χ2n) is 3.71. The summed E-state index contributed by atoms with van der Waals surface area (Å²) in [7, 11) is 3.68. The van der Waals surface area contributed by atoms with Crippen LogP contribution in [0.2, 0.25) is 0 Å². The summed E-state index contributed by atoms with van der Waals surface area (Å²) in [6.45, 7) is 6.35. The molecule has 0 aliphatic rings. The van der Waals surface area contributed by atoms with Crippen LogP contribution in [0.15, 0.2) is 12.1 Å². The van der Waals surface area contributed by atoms with Crippen LogP contribution in [0.3, 0.4) is 0 Å². The number of rotatable bonds is 3. The normalized spacial score (nSPS) is 12.6. The summed E-state index contributed by atoms with van der Waals surface area (Å²) in [4.78, 5) is 0. The molecule has 0 bridgehead atoms. The average Bonchev–Trinajstić information content (AvgIpc) is 2.15. The van der Waals surface area contributed by atoms with Gasteiger partial charge in [-0.25, -0.2) is 0 Å². The first kappa shape index (κ1) is 11.1. The number of aryl methyl sites for hydroxylation is 2. The molecule has 0 amide bonds. The lowest BCUT2D eigenvalue weighted by atomic mass is 9.99. The molecule has 0 saturated carbocycles. The highest BCUT2D eigenvalue weighted by atomic mass is 16.5. The van der Waals surface area contributed by atoms with E-state index in [-0.39, 0.29) is 0 Å². The van der Waals surface area contributed by atoms with E-state index in [1.54, 1.807) is 7.11 Å². The van der Waals surface area contributed by atoms with Gasteiger partial charge in [-0.15, -0.1) is 0 Å². The fraction of sp³-hybridized carbons (Fsp3) is 0.500. The van der Waals surface area contributed by atoms with E-state index in [0.29, 0.717) is 6.04 Å². The van der Waals surface area contributed by atoms with Crippen molar-refractivity contribution in [3.63, 3.8) is 0 Å². The molecule has 0 aliphatic carbocycles. The van der Waals surface area contributed by atoms with Gasteiger partial charge in [0, 0.05) is 11.6 Å². The van der Waals surface area contributed by atoms with Crippen LogP contribution in [0.4, 0.5) is 0 Å². The molecule has 2 nitrogen and oxygen atoms in total. The van der Waals surface area contributed by atoms with Crippen molar-refractivity contribution in [3.05, 3.63) is 28.8 Å². The SMILES string of the molecule is CN[C@H](C)c1c(C)cc(C)cc1OC. The van der Waals surface area contributed by atoms with Crippen molar-refractivity contribution in [1.29, 1.82) is 0 Å². The quantitative estimate of drug-likeness (QED) is 0.796. The number of hydrogen-bond acceptors (Lipinski definition) is 2. The summed E-state index contributed by atoms with van der Waals surface area (Å²) < 4.78 is 5.39. The fourth-order valence-corrected chi connectivity index (χ4v) is 1.81. The van der Waals surface area contributed by atoms with Crippen LogP contribution in [0.1, 0.15) is 29.7 Å². The molecule has 0 aliphatic heterocycles. The molecule has 0 heterocycles. The lowest BCUT2D eigenvalue weighted by Gasteiger charge is -2.18. The van der Waals surface area contributed by atoms with E-state index in [2.05, 4.69) is 38.2 Å². The predicted octanol–water partition coefficient (Wildman–Crippen LogP) is 2.59. The number of nitrogens with one attached hydrogen (secondary N) is 1. The van der Waals surface area contributed by atoms with Gasteiger partial charge in [-0.1, -0.05) is 6.07 Å². The lowest BCUT2D eigenvalue weighted by Crippen LogP contribution is -2.14. The Labute approximate surface area is 86.3 Å². The van der Waals surface area contributed by atoms with Gasteiger partial charge in [0.15, 0.2) is 0 Å². The number of methoxy groups -OCH3 is 1. The summed E-state index contributed by atoms with van der Waals surface area (Å²) in [5.74, 6) is 0.976. The van der Waals surface area contributed by atoms with Crippen molar-refractivity contribution >= 4 is 0 Å². The predicted molar refractivity (Wildman–Crippen MR) is 59.9 cm³/mol. The first-order valence-corrected chi connectivity index (χ1v) is 4.92. The van der Waals surface area contributed by atoms with Gasteiger partial charge in [-0.3, -0.25) is 0 Å². The number of ether oxygens (including phenoxy) is 1. The Hall–Kier alpha value is -1.02. The molecule has 78 valence electrons. The lowest BCUT2D eigenvalue weighted by molar-refractivity contribution is 0.403. The van der Waals surface area contributed by atoms with Crippen molar-refractivity contribution in [2.24, 2.45) is 0 Å². The standard InChI is InChI=1S/C12H19NO/c1-8-6-9(2)12(10(3)13-4)11(7-8)14-5/h6-7,10,13H,1-5H3/t10-/m1/s1. The van der Waals surface area contributed by atoms with E-state index in [1.807, 2.05) is 7.05 Å². The molecule has 0 spiro atoms. The molecule has 14 heavy (non-hydrogen) atoms. The highest BCUT2D eigenvalue weighted by Gasteiger charge is 2.12. The van der Waals surface area contributed by atoms with Gasteiger partial charge in [-0.2, -0.15) is 0 Å². The van der Waals surface area contributed by atoms with Crippen LogP contribution in [-0.2, 0) is 0 Å². The summed E-state index contributed by atoms with van der Waals surface area (Å²) in [6.07, 6.45) is 0. The third kappa shape index (κ3) is 2.07. The molecule has 2 heteroatoms. The largest absolute Gasteiger partial charge is 0.496 e. The van der Waals surface area contributed by atoms with Crippen LogP contribution >= 0.6 is 0 Å². The minimum Gasteiger partial charge on any atom is -0.496 e. The second-order valence-corrected chi connectivity index (χ2v) is 3.71. The molecule has 1 aromatic carbocycles. The fourth-order valence-electron chi connectivity index (χ4n) is 1.81. The Kier molecular flexibility index (Phi) is 3.53. The minimum atomic E-state index is 0.325. The maximum absolute atomic E-state index is 5.39. The number of hydrogen-bond donors (Lipinski definition) is 1. The van der Waals surface area contributed by atoms with Crippen molar-refractivity contribution < 1.29 is 4.74 Å². The van der Waals surface area contributed by atoms with Crippen molar-refractivity contribution in [2.45, 2.75) is 26.8 Å². The van der Waals surface area contributed by atoms with Crippen molar-refractivity contribution in [2.75, 3.05) is 14.2 Å². The first-order valence-electron chi connectivity index (χ1n) is 4.92. The van der Waals surface area contributed by atoms with Gasteiger partial charge in [0.2, 0.25) is 0 Å². The molecular formula is C12H19NO. The third-order valence-corrected chi connectivity index (χ3v) is 2.58. The van der Waals surface area contributed by atoms with E-state index in [1.165, 1.54) is 16.7 Å². The molecule has 1 N–H and O–H groups in total. The summed E-state index contributed by atoms with van der Waals surface area (Å²) >= 11 is 0. The molecule has 1 atom stereocenters. The Morgan fingerprint density at radius 1 is 1.29 bits per heavy atom. The van der Waals surface area contributed by atoms with Crippen molar-refractivity contribution in [3.8, 4) is 5.75 Å². The van der Waals surface area contributed by atoms with Gasteiger partial charge >= 0.3 is 0 Å². The Morgan fingerprint density at radius 2 is 1.93 bits per heavy atom. The molecule has 1 rings (SSSR count). The topological polar surface area (TPSA) is 21.3 Å². The molecule has 0 unspecified atom stereocenters. The van der Waals surface area contributed by atoms with Gasteiger partial charge in [0.1, 0.15) is 5.75 Å². The minimum absolute atomic E-state index is 0.325. The maximum atomic E-state index is 5.39. The summed E-state index contributed by atoms with van der Waals surface area (Å²) in [5.41, 5.74) is 3.77. The summed E-state index contributed by atoms with van der Waals surface area (Å²) in [5, 5.41) is 3.24. The molecule has 0 radical (unpaired) electrons. The molecule has 0 fully saturated rings. The van der Waals surface area contributed by atoms with E-state index in [9.17, 15) is 0 Å². The Bertz CT molecular complexity index is 320. The Morgan fingerprint density at radius 3 is 2.43 bits per heavy atom. The zero-order valence-electron chi connectivity index (χ0n) is 9.64. The van der Waals surface area contributed by atoms with Crippen LogP contribution in [0.5, 0.6) is 5.75 Å². The van der Waals surface area contributed by atoms with Crippen LogP contribution in [0.25, 0.3) is 0 Å². The van der Waals surface area contributed by atoms with Gasteiger partial charge in [0.05, 0.1) is 7.11 Å². The van der Waals surface area contributed by atoms with Crippen molar-refractivity contribution in [1.82, 2.24) is 5.32 Å². The molecular weight excluding hydrogens is 174 g/mol. The molecule has 1 aromatic rings. The third-order valence-electron chi connectivity index (χ3n) is 2.58. The maximum Gasteiger partial charge on any atom is 0.124 e. The van der Waals surface area contributed by atoms with E-state index < -0.39 is 0 Å². The van der Waals surface area contributed by atoms with E-state index >= 15 is 0 Å². The zero-order chi connectivity index (χ0) is 10.7. The average molecular weight is 193 g/mol. The van der Waals surface area contributed by atoms with E-state index in [4.69, 9.17) is 4.74 Å². The smallest absolute Gasteiger partial charge is 0.124 e. The first-order chi connectivity index (χ1) is 6.60. The second kappa shape index (κ2) is 4.47. The Balaban J connectivity index is 3.24. The van der Waals surface area contributed by atoms with Crippen LogP contribution in [0, 0.1) is 13.8 Å². The summed E-state index contributed by atoms with van der Waals surface area (Å²) in [6, 6.07) is 4.59. The zero-order valence-corrected chi connectivity index (χ0v) is 9.64. The number of benzene rings is 1. The van der Waals surface area contributed by atoms with Gasteiger partial charge in [0.25, 0.3) is 0 Å². The molecule has 0 saturated heterocycles. The van der Waals surface area contributed by atoms with Gasteiger partial charge < -0.3 is 10.1 Å². The molecule has 0 aromatic heterocycles. The van der Waals surface area contributed by atoms with E-state index in [0.717, 1.165) is 5.75 Å². The van der Waals surface area contributed by atoms with Crippen LogP contribution < -0.4 is 10.1 Å². The highest BCUT2D eigenvalue weighted by Crippen LogP contribution is 2.29. The monoisotopic (exact) mass is 193 g/mol. The van der Waals surface area contributed by atoms with Crippen LogP contribution in [-0.4, -0.2) is 14.2 Å². The van der Waals surface area contributed by atoms with Gasteiger partial charge in [-0.05, 0) is 45.0 Å².